The third-order valence-corrected chi connectivity index (χ3v) is 8.27. The predicted molar refractivity (Wildman–Crippen MR) is 136 cm³/mol. The van der Waals surface area contributed by atoms with Gasteiger partial charge in [0.25, 0.3) is 0 Å². The summed E-state index contributed by atoms with van der Waals surface area (Å²) in [5, 5.41) is 9.68. The van der Waals surface area contributed by atoms with Gasteiger partial charge in [-0.3, -0.25) is 9.78 Å². The second-order valence-electron chi connectivity index (χ2n) is 10.1. The molecule has 3 aromatic rings. The third kappa shape index (κ3) is 4.36. The first-order valence-electron chi connectivity index (χ1n) is 12.0. The van der Waals surface area contributed by atoms with Crippen LogP contribution in [-0.2, 0) is 32.2 Å². The summed E-state index contributed by atoms with van der Waals surface area (Å²) < 4.78 is 38.8. The number of fused-ring (bicyclic) bond motifs is 3. The number of ketones is 1. The number of aromatic nitrogens is 3. The van der Waals surface area contributed by atoms with E-state index in [0.717, 1.165) is 11.8 Å². The van der Waals surface area contributed by atoms with Gasteiger partial charge in [0.1, 0.15) is 11.9 Å². The van der Waals surface area contributed by atoms with Crippen LogP contribution in [0.1, 0.15) is 37.2 Å². The van der Waals surface area contributed by atoms with Crippen molar-refractivity contribution in [3.05, 3.63) is 77.0 Å². The summed E-state index contributed by atoms with van der Waals surface area (Å²) >= 11 is 0. The predicted octanol–water partition coefficient (Wildman–Crippen LogP) is 4.38. The maximum atomic E-state index is 15.1. The zero-order valence-electron chi connectivity index (χ0n) is 20.7. The molecule has 7 nitrogen and oxygen atoms in total. The van der Waals surface area contributed by atoms with Crippen molar-refractivity contribution >= 4 is 15.6 Å². The van der Waals surface area contributed by atoms with Crippen LogP contribution in [0.15, 0.2) is 54.2 Å². The molecule has 0 amide bonds. The Labute approximate surface area is 215 Å². The second-order valence-corrected chi connectivity index (χ2v) is 12.2. The fourth-order valence-electron chi connectivity index (χ4n) is 5.74. The summed E-state index contributed by atoms with van der Waals surface area (Å²) in [7, 11) is -3.32. The zero-order chi connectivity index (χ0) is 26.5. The van der Waals surface area contributed by atoms with Crippen molar-refractivity contribution in [2.45, 2.75) is 37.9 Å². The van der Waals surface area contributed by atoms with Gasteiger partial charge >= 0.3 is 0 Å². The number of Topliss-reactive ketones (excluding diaryl/α,β-unsaturated/α-hetero) is 1. The van der Waals surface area contributed by atoms with Gasteiger partial charge in [-0.25, -0.2) is 22.8 Å². The largest absolute Gasteiger partial charge is 0.293 e. The number of halogens is 1. The molecule has 0 saturated heterocycles. The summed E-state index contributed by atoms with van der Waals surface area (Å²) in [6.07, 6.45) is 5.58. The molecule has 0 fully saturated rings. The lowest BCUT2D eigenvalue weighted by Gasteiger charge is -2.45. The van der Waals surface area contributed by atoms with Crippen LogP contribution < -0.4 is 0 Å². The van der Waals surface area contributed by atoms with E-state index in [4.69, 9.17) is 9.97 Å². The topological polar surface area (TPSA) is 114 Å². The summed E-state index contributed by atoms with van der Waals surface area (Å²) in [4.78, 5) is 26.7. The van der Waals surface area contributed by atoms with Crippen molar-refractivity contribution in [1.29, 1.82) is 5.26 Å². The van der Waals surface area contributed by atoms with Gasteiger partial charge in [-0.1, -0.05) is 32.1 Å². The molecule has 5 rings (SSSR count). The van der Waals surface area contributed by atoms with E-state index < -0.39 is 21.1 Å². The number of sulfone groups is 1. The van der Waals surface area contributed by atoms with Crippen molar-refractivity contribution < 1.29 is 17.6 Å². The van der Waals surface area contributed by atoms with Crippen molar-refractivity contribution in [2.24, 2.45) is 11.8 Å². The fourth-order valence-corrected chi connectivity index (χ4v) is 6.44. The zero-order valence-corrected chi connectivity index (χ0v) is 21.5. The number of allylic oxidation sites excluding steroid dienone is 2. The molecule has 0 bridgehead atoms. The lowest BCUT2D eigenvalue weighted by atomic mass is 9.57. The summed E-state index contributed by atoms with van der Waals surface area (Å²) in [5.41, 5.74) is 2.48. The highest BCUT2D eigenvalue weighted by Crippen LogP contribution is 2.51. The Kier molecular flexibility index (Phi) is 6.03. The van der Waals surface area contributed by atoms with Crippen LogP contribution in [0.3, 0.4) is 0 Å². The Morgan fingerprint density at radius 1 is 1.22 bits per heavy atom. The number of hydrogen-bond donors (Lipinski definition) is 0. The van der Waals surface area contributed by atoms with Crippen molar-refractivity contribution in [3.63, 3.8) is 0 Å². The highest BCUT2D eigenvalue weighted by Gasteiger charge is 2.49. The standard InChI is InChI=1S/C28H25FN4O3S/c1-16-22-9-8-21-24(20-6-4-5-7-23(20)29)32-27(17-10-11-31-19(12-17)15-37(3,35)36)33-26(21)28(22,2)13-18(14-30)25(16)34/h4-7,10-13,16,22H,8-9,15H2,1-3H3/t16-,22-,28-/m1/s1. The Bertz CT molecular complexity index is 1630. The minimum atomic E-state index is -3.32. The normalized spacial score (nSPS) is 23.0. The van der Waals surface area contributed by atoms with Crippen LogP contribution in [0, 0.1) is 29.0 Å². The second kappa shape index (κ2) is 8.96. The monoisotopic (exact) mass is 516 g/mol. The highest BCUT2D eigenvalue weighted by molar-refractivity contribution is 7.89. The number of hydrogen-bond acceptors (Lipinski definition) is 7. The van der Waals surface area contributed by atoms with E-state index in [1.54, 1.807) is 36.4 Å². The third-order valence-electron chi connectivity index (χ3n) is 7.45. The van der Waals surface area contributed by atoms with Crippen LogP contribution in [0.5, 0.6) is 0 Å². The first kappa shape index (κ1) is 24.9. The SMILES string of the molecule is C[C@H]1C(=O)C(C#N)=C[C@@]2(C)c3nc(-c4ccnc(CS(C)(=O)=O)c4)nc(-c4ccccc4F)c3CC[C@H]12. The van der Waals surface area contributed by atoms with E-state index >= 15 is 4.39 Å². The molecule has 2 heterocycles. The molecule has 3 atom stereocenters. The molecule has 2 aromatic heterocycles. The molecule has 0 N–H and O–H groups in total. The lowest BCUT2D eigenvalue weighted by Crippen LogP contribution is -2.46. The average molecular weight is 517 g/mol. The lowest BCUT2D eigenvalue weighted by molar-refractivity contribution is -0.121. The van der Waals surface area contributed by atoms with Gasteiger partial charge in [0.05, 0.1) is 28.4 Å². The average Bonchev–Trinajstić information content (AvgIpc) is 2.85. The van der Waals surface area contributed by atoms with Crippen LogP contribution in [0.25, 0.3) is 22.6 Å². The number of carbonyl (C=O) groups is 1. The summed E-state index contributed by atoms with van der Waals surface area (Å²) in [6, 6.07) is 11.8. The molecule has 0 spiro atoms. The Hall–Kier alpha value is -3.77. The van der Waals surface area contributed by atoms with Crippen LogP contribution in [0.2, 0.25) is 0 Å². The van der Waals surface area contributed by atoms with Crippen molar-refractivity contribution in [3.8, 4) is 28.7 Å². The molecular formula is C28H25FN4O3S. The number of carbonyl (C=O) groups excluding carboxylic acids is 1. The van der Waals surface area contributed by atoms with E-state index in [9.17, 15) is 18.5 Å². The maximum Gasteiger partial charge on any atom is 0.176 e. The number of pyridine rings is 1. The van der Waals surface area contributed by atoms with Gasteiger partial charge in [0.15, 0.2) is 21.4 Å². The number of nitriles is 1. The number of benzene rings is 1. The molecule has 0 aliphatic heterocycles. The first-order chi connectivity index (χ1) is 17.5. The van der Waals surface area contributed by atoms with Crippen LogP contribution in [0.4, 0.5) is 4.39 Å². The molecule has 2 aliphatic carbocycles. The van der Waals surface area contributed by atoms with Gasteiger partial charge in [-0.05, 0) is 43.0 Å². The molecule has 0 radical (unpaired) electrons. The van der Waals surface area contributed by atoms with Gasteiger partial charge in [-0.15, -0.1) is 0 Å². The Morgan fingerprint density at radius 3 is 2.68 bits per heavy atom. The van der Waals surface area contributed by atoms with Crippen LogP contribution in [-0.4, -0.2) is 35.4 Å². The summed E-state index contributed by atoms with van der Waals surface area (Å²) in [6.45, 7) is 3.82. The molecule has 1 aromatic carbocycles. The first-order valence-corrected chi connectivity index (χ1v) is 14.0. The molecule has 0 saturated carbocycles. The minimum absolute atomic E-state index is 0.0842. The Morgan fingerprint density at radius 2 is 1.97 bits per heavy atom. The van der Waals surface area contributed by atoms with Gasteiger partial charge in [0.2, 0.25) is 0 Å². The molecule has 2 aliphatic rings. The van der Waals surface area contributed by atoms with Crippen molar-refractivity contribution in [1.82, 2.24) is 15.0 Å². The van der Waals surface area contributed by atoms with Gasteiger partial charge < -0.3 is 0 Å². The molecule has 9 heteroatoms. The van der Waals surface area contributed by atoms with Crippen LogP contribution >= 0.6 is 0 Å². The maximum absolute atomic E-state index is 15.1. The molecule has 37 heavy (non-hydrogen) atoms. The smallest absolute Gasteiger partial charge is 0.176 e. The van der Waals surface area contributed by atoms with Gasteiger partial charge in [0, 0.05) is 40.5 Å². The van der Waals surface area contributed by atoms with Crippen molar-refractivity contribution in [2.75, 3.05) is 6.26 Å². The van der Waals surface area contributed by atoms with E-state index in [0.29, 0.717) is 46.9 Å². The summed E-state index contributed by atoms with van der Waals surface area (Å²) in [5.74, 6) is -0.979. The van der Waals surface area contributed by atoms with E-state index in [-0.39, 0.29) is 28.9 Å². The minimum Gasteiger partial charge on any atom is -0.293 e. The van der Waals surface area contributed by atoms with E-state index in [1.807, 2.05) is 19.9 Å². The number of rotatable bonds is 4. The van der Waals surface area contributed by atoms with E-state index in [2.05, 4.69) is 4.98 Å². The molecule has 0 unspecified atom stereocenters. The van der Waals surface area contributed by atoms with Gasteiger partial charge in [-0.2, -0.15) is 5.26 Å². The quantitative estimate of drug-likeness (QED) is 0.506. The van der Waals surface area contributed by atoms with E-state index in [1.165, 1.54) is 12.3 Å². The number of nitrogens with zero attached hydrogens (tertiary/aromatic N) is 4. The Balaban J connectivity index is 1.79. The molecular weight excluding hydrogens is 491 g/mol. The molecule has 188 valence electrons. The highest BCUT2D eigenvalue weighted by atomic mass is 32.2. The fraction of sp³-hybridized carbons (Fsp3) is 0.321.